The van der Waals surface area contributed by atoms with Gasteiger partial charge in [0.15, 0.2) is 0 Å². The predicted molar refractivity (Wildman–Crippen MR) is 98.8 cm³/mol. The van der Waals surface area contributed by atoms with Crippen LogP contribution >= 0.6 is 12.4 Å². The molecule has 3 N–H and O–H groups in total. The van der Waals surface area contributed by atoms with Crippen LogP contribution in [0, 0.1) is 0 Å². The first-order chi connectivity index (χ1) is 10.7. The number of hydrogen-bond donors (Lipinski definition) is 3. The molecule has 8 heteroatoms. The highest BCUT2D eigenvalue weighted by Crippen LogP contribution is 2.17. The second-order valence-electron chi connectivity index (χ2n) is 6.45. The van der Waals surface area contributed by atoms with Gasteiger partial charge in [-0.1, -0.05) is 18.2 Å². The molecule has 0 unspecified atom stereocenters. The van der Waals surface area contributed by atoms with Crippen LogP contribution in [0.1, 0.15) is 39.2 Å². The van der Waals surface area contributed by atoms with Gasteiger partial charge in [0.05, 0.1) is 4.90 Å². The molecule has 0 aliphatic rings. The number of amides is 1. The highest BCUT2D eigenvalue weighted by Gasteiger charge is 2.24. The molecule has 0 aliphatic carbocycles. The van der Waals surface area contributed by atoms with Gasteiger partial charge in [0.2, 0.25) is 15.9 Å². The molecule has 1 aromatic rings. The largest absolute Gasteiger partial charge is 0.352 e. The Balaban J connectivity index is 0.00000529. The summed E-state index contributed by atoms with van der Waals surface area (Å²) in [7, 11) is -1.79. The van der Waals surface area contributed by atoms with Crippen molar-refractivity contribution >= 4 is 28.3 Å². The van der Waals surface area contributed by atoms with Crippen LogP contribution in [0.3, 0.4) is 0 Å². The number of carbonyl (C=O) groups is 1. The van der Waals surface area contributed by atoms with Gasteiger partial charge in [-0.05, 0) is 52.4 Å². The van der Waals surface area contributed by atoms with Gasteiger partial charge in [-0.25, -0.2) is 13.1 Å². The minimum atomic E-state index is -3.63. The molecule has 0 saturated heterocycles. The zero-order chi connectivity index (χ0) is 17.5. The van der Waals surface area contributed by atoms with E-state index in [1.54, 1.807) is 45.0 Å². The van der Waals surface area contributed by atoms with Crippen molar-refractivity contribution in [1.82, 2.24) is 15.4 Å². The molecule has 0 spiro atoms. The highest BCUT2D eigenvalue weighted by molar-refractivity contribution is 7.89. The molecule has 0 bridgehead atoms. The van der Waals surface area contributed by atoms with Crippen molar-refractivity contribution in [2.45, 2.75) is 50.6 Å². The van der Waals surface area contributed by atoms with Crippen LogP contribution in [-0.4, -0.2) is 33.5 Å². The Hall–Kier alpha value is -1.15. The molecule has 6 nitrogen and oxygen atoms in total. The second-order valence-corrected chi connectivity index (χ2v) is 8.10. The van der Waals surface area contributed by atoms with Crippen LogP contribution in [0.15, 0.2) is 29.2 Å². The number of rotatable bonds is 8. The number of benzene rings is 1. The number of nitrogens with one attached hydrogen (secondary N) is 3. The molecule has 1 rings (SSSR count). The maximum Gasteiger partial charge on any atom is 0.241 e. The van der Waals surface area contributed by atoms with Gasteiger partial charge < -0.3 is 10.6 Å². The summed E-state index contributed by atoms with van der Waals surface area (Å²) in [5.41, 5.74) is 0.00808. The van der Waals surface area contributed by atoms with Crippen LogP contribution < -0.4 is 15.4 Å². The zero-order valence-corrected chi connectivity index (χ0v) is 16.3. The Morgan fingerprint density at radius 3 is 2.38 bits per heavy atom. The van der Waals surface area contributed by atoms with Crippen LogP contribution in [0.2, 0.25) is 0 Å². The van der Waals surface area contributed by atoms with Crippen LogP contribution in [-0.2, 0) is 21.4 Å². The quantitative estimate of drug-likeness (QED) is 0.603. The third-order valence-corrected chi connectivity index (χ3v) is 4.87. The summed E-state index contributed by atoms with van der Waals surface area (Å²) in [4.78, 5) is 12.0. The van der Waals surface area contributed by atoms with Gasteiger partial charge in [0.1, 0.15) is 0 Å². The average molecular weight is 378 g/mol. The Morgan fingerprint density at radius 1 is 1.17 bits per heavy atom. The molecule has 138 valence electrons. The average Bonchev–Trinajstić information content (AvgIpc) is 2.43. The van der Waals surface area contributed by atoms with E-state index in [2.05, 4.69) is 15.4 Å². The molecule has 0 heterocycles. The van der Waals surface area contributed by atoms with Gasteiger partial charge >= 0.3 is 0 Å². The SMILES string of the molecule is CNCCCC(=O)NCc1ccccc1S(=O)(=O)NC(C)(C)C.Cl. The summed E-state index contributed by atoms with van der Waals surface area (Å²) in [6.07, 6.45) is 1.16. The molecular formula is C16H28ClN3O3S. The van der Waals surface area contributed by atoms with Crippen molar-refractivity contribution in [3.05, 3.63) is 29.8 Å². The lowest BCUT2D eigenvalue weighted by molar-refractivity contribution is -0.121. The molecule has 1 aromatic carbocycles. The lowest BCUT2D eigenvalue weighted by Gasteiger charge is -2.21. The van der Waals surface area contributed by atoms with E-state index < -0.39 is 15.6 Å². The Morgan fingerprint density at radius 2 is 1.79 bits per heavy atom. The molecule has 0 fully saturated rings. The van der Waals surface area contributed by atoms with Crippen LogP contribution in [0.25, 0.3) is 0 Å². The summed E-state index contributed by atoms with van der Waals surface area (Å²) in [6.45, 7) is 6.33. The third-order valence-electron chi connectivity index (χ3n) is 3.01. The van der Waals surface area contributed by atoms with Gasteiger partial charge in [-0.3, -0.25) is 4.79 Å². The van der Waals surface area contributed by atoms with Gasteiger partial charge in [-0.15, -0.1) is 12.4 Å². The fraction of sp³-hybridized carbons (Fsp3) is 0.562. The van der Waals surface area contributed by atoms with Crippen molar-refractivity contribution in [2.75, 3.05) is 13.6 Å². The van der Waals surface area contributed by atoms with Crippen molar-refractivity contribution in [2.24, 2.45) is 0 Å². The van der Waals surface area contributed by atoms with E-state index in [4.69, 9.17) is 0 Å². The summed E-state index contributed by atoms with van der Waals surface area (Å²) < 4.78 is 27.6. The fourth-order valence-electron chi connectivity index (χ4n) is 2.08. The number of halogens is 1. The lowest BCUT2D eigenvalue weighted by Crippen LogP contribution is -2.41. The zero-order valence-electron chi connectivity index (χ0n) is 14.7. The number of hydrogen-bond acceptors (Lipinski definition) is 4. The van der Waals surface area contributed by atoms with Crippen molar-refractivity contribution in [3.63, 3.8) is 0 Å². The molecule has 0 atom stereocenters. The van der Waals surface area contributed by atoms with E-state index >= 15 is 0 Å². The number of carbonyl (C=O) groups excluding carboxylic acids is 1. The molecular weight excluding hydrogens is 350 g/mol. The van der Waals surface area contributed by atoms with E-state index in [1.807, 2.05) is 7.05 Å². The highest BCUT2D eigenvalue weighted by atomic mass is 35.5. The van der Waals surface area contributed by atoms with Gasteiger partial charge in [0.25, 0.3) is 0 Å². The summed E-state index contributed by atoms with van der Waals surface area (Å²) in [6, 6.07) is 6.70. The summed E-state index contributed by atoms with van der Waals surface area (Å²) >= 11 is 0. The van der Waals surface area contributed by atoms with E-state index in [1.165, 1.54) is 0 Å². The smallest absolute Gasteiger partial charge is 0.241 e. The lowest BCUT2D eigenvalue weighted by atomic mass is 10.1. The monoisotopic (exact) mass is 377 g/mol. The molecule has 24 heavy (non-hydrogen) atoms. The molecule has 0 saturated carbocycles. The molecule has 1 amide bonds. The standard InChI is InChI=1S/C16H27N3O3S.ClH/c1-16(2,3)19-23(21,22)14-9-6-5-8-13(14)12-18-15(20)10-7-11-17-4;/h5-6,8-9,17,19H,7,10-12H2,1-4H3,(H,18,20);1H. The molecule has 0 radical (unpaired) electrons. The Labute approximate surface area is 151 Å². The van der Waals surface area contributed by atoms with Crippen LogP contribution in [0.4, 0.5) is 0 Å². The normalized spacial score (nSPS) is 11.7. The minimum Gasteiger partial charge on any atom is -0.352 e. The van der Waals surface area contributed by atoms with E-state index in [9.17, 15) is 13.2 Å². The van der Waals surface area contributed by atoms with E-state index in [-0.39, 0.29) is 29.8 Å². The first-order valence-corrected chi connectivity index (χ1v) is 9.17. The Kier molecular flexibility index (Phi) is 9.50. The molecule has 0 aromatic heterocycles. The topological polar surface area (TPSA) is 87.3 Å². The second kappa shape index (κ2) is 9.98. The van der Waals surface area contributed by atoms with Crippen LogP contribution in [0.5, 0.6) is 0 Å². The summed E-state index contributed by atoms with van der Waals surface area (Å²) in [5, 5.41) is 5.75. The Bertz CT molecular complexity index is 628. The van der Waals surface area contributed by atoms with E-state index in [0.717, 1.165) is 13.0 Å². The van der Waals surface area contributed by atoms with Crippen molar-refractivity contribution in [3.8, 4) is 0 Å². The predicted octanol–water partition coefficient (Wildman–Crippen LogP) is 1.80. The first kappa shape index (κ1) is 22.9. The van der Waals surface area contributed by atoms with E-state index in [0.29, 0.717) is 12.0 Å². The third kappa shape index (κ3) is 8.10. The number of sulfonamides is 1. The first-order valence-electron chi connectivity index (χ1n) is 7.69. The van der Waals surface area contributed by atoms with Crippen molar-refractivity contribution in [1.29, 1.82) is 0 Å². The fourth-order valence-corrected chi connectivity index (χ4v) is 3.74. The maximum absolute atomic E-state index is 12.5. The van der Waals surface area contributed by atoms with Crippen molar-refractivity contribution < 1.29 is 13.2 Å². The van der Waals surface area contributed by atoms with Gasteiger partial charge in [0, 0.05) is 18.5 Å². The van der Waals surface area contributed by atoms with Gasteiger partial charge in [-0.2, -0.15) is 0 Å². The summed E-state index contributed by atoms with van der Waals surface area (Å²) in [5.74, 6) is -0.0868. The molecule has 0 aliphatic heterocycles. The maximum atomic E-state index is 12.5. The minimum absolute atomic E-state index is 0.